The zero-order valence-electron chi connectivity index (χ0n) is 17.0. The number of rotatable bonds is 7. The van der Waals surface area contributed by atoms with E-state index in [1.54, 1.807) is 48.5 Å². The molecule has 1 heterocycles. The fourth-order valence-electron chi connectivity index (χ4n) is 3.28. The first kappa shape index (κ1) is 23.2. The molecule has 1 fully saturated rings. The molecule has 2 aromatic carbocycles. The van der Waals surface area contributed by atoms with Gasteiger partial charge in [-0.2, -0.15) is 13.2 Å². The summed E-state index contributed by atoms with van der Waals surface area (Å²) in [4.78, 5) is 6.69. The molecule has 0 radical (unpaired) electrons. The van der Waals surface area contributed by atoms with Crippen LogP contribution in [0, 0.1) is 0 Å². The standard InChI is InChI=1S/C23H25ClF3N3O/c24-19-6-2-3-7-20(19)29-21(16-22(28)23(25,26)27)17-8-10-18(11-9-17)31-15-14-30-12-4-1-5-13-30/h2-3,6-11,16H,1,4-5,12-15,28H2. The number of nitrogens with zero attached hydrogens (tertiary/aromatic N) is 2. The van der Waals surface area contributed by atoms with Crippen molar-refractivity contribution in [3.05, 3.63) is 70.9 Å². The number of hydrogen-bond donors (Lipinski definition) is 1. The van der Waals surface area contributed by atoms with Crippen LogP contribution in [0.3, 0.4) is 0 Å². The summed E-state index contributed by atoms with van der Waals surface area (Å²) >= 11 is 6.12. The van der Waals surface area contributed by atoms with Gasteiger partial charge < -0.3 is 10.5 Å². The normalized spacial score (nSPS) is 16.4. The van der Waals surface area contributed by atoms with E-state index in [1.165, 1.54) is 19.3 Å². The van der Waals surface area contributed by atoms with Crippen LogP contribution in [0.15, 0.2) is 65.3 Å². The van der Waals surface area contributed by atoms with Crippen molar-refractivity contribution in [2.24, 2.45) is 10.7 Å². The van der Waals surface area contributed by atoms with E-state index in [1.807, 2.05) is 0 Å². The van der Waals surface area contributed by atoms with Gasteiger partial charge in [0, 0.05) is 12.1 Å². The smallest absolute Gasteiger partial charge is 0.430 e. The Kier molecular flexibility index (Phi) is 7.98. The van der Waals surface area contributed by atoms with Gasteiger partial charge >= 0.3 is 6.18 Å². The summed E-state index contributed by atoms with van der Waals surface area (Å²) in [5.74, 6) is 0.644. The third-order valence-electron chi connectivity index (χ3n) is 4.99. The quantitative estimate of drug-likeness (QED) is 0.547. The number of alkyl halides is 3. The Morgan fingerprint density at radius 2 is 1.74 bits per heavy atom. The Hall–Kier alpha value is -2.51. The molecule has 0 unspecified atom stereocenters. The van der Waals surface area contributed by atoms with Crippen LogP contribution in [0.25, 0.3) is 0 Å². The predicted octanol–water partition coefficient (Wildman–Crippen LogP) is 5.73. The van der Waals surface area contributed by atoms with Crippen LogP contribution in [0.1, 0.15) is 24.8 Å². The van der Waals surface area contributed by atoms with Gasteiger partial charge in [0.2, 0.25) is 0 Å². The number of hydrogen-bond acceptors (Lipinski definition) is 4. The first-order chi connectivity index (χ1) is 14.8. The van der Waals surface area contributed by atoms with E-state index < -0.39 is 11.9 Å². The molecule has 0 spiro atoms. The Morgan fingerprint density at radius 1 is 1.06 bits per heavy atom. The van der Waals surface area contributed by atoms with E-state index in [2.05, 4.69) is 9.89 Å². The van der Waals surface area contributed by atoms with E-state index in [0.717, 1.165) is 25.7 Å². The summed E-state index contributed by atoms with van der Waals surface area (Å²) in [5, 5.41) is 0.330. The molecule has 4 nitrogen and oxygen atoms in total. The second-order valence-electron chi connectivity index (χ2n) is 7.32. The number of allylic oxidation sites excluding steroid dienone is 2. The fourth-order valence-corrected chi connectivity index (χ4v) is 3.46. The lowest BCUT2D eigenvalue weighted by molar-refractivity contribution is -0.0925. The second kappa shape index (κ2) is 10.7. The number of nitrogens with two attached hydrogens (primary N) is 1. The summed E-state index contributed by atoms with van der Waals surface area (Å²) in [6.45, 7) is 3.60. The molecule has 31 heavy (non-hydrogen) atoms. The highest BCUT2D eigenvalue weighted by Crippen LogP contribution is 2.27. The highest BCUT2D eigenvalue weighted by Gasteiger charge is 2.31. The third-order valence-corrected chi connectivity index (χ3v) is 5.31. The highest BCUT2D eigenvalue weighted by atomic mass is 35.5. The summed E-state index contributed by atoms with van der Waals surface area (Å²) in [6, 6.07) is 13.4. The maximum atomic E-state index is 13.0. The minimum Gasteiger partial charge on any atom is -0.492 e. The number of benzene rings is 2. The molecule has 1 aliphatic rings. The van der Waals surface area contributed by atoms with Crippen molar-refractivity contribution in [1.82, 2.24) is 4.90 Å². The van der Waals surface area contributed by atoms with E-state index >= 15 is 0 Å². The molecule has 0 amide bonds. The summed E-state index contributed by atoms with van der Waals surface area (Å²) in [6.07, 6.45) is -0.119. The number of likely N-dealkylation sites (tertiary alicyclic amines) is 1. The molecule has 1 saturated heterocycles. The van der Waals surface area contributed by atoms with Crippen molar-refractivity contribution in [2.75, 3.05) is 26.2 Å². The number of halogens is 4. The van der Waals surface area contributed by atoms with Crippen LogP contribution < -0.4 is 10.5 Å². The van der Waals surface area contributed by atoms with Gasteiger partial charge in [-0.1, -0.05) is 30.2 Å². The Bertz CT molecular complexity index is 920. The van der Waals surface area contributed by atoms with Gasteiger partial charge in [0.05, 0.1) is 16.4 Å². The predicted molar refractivity (Wildman–Crippen MR) is 118 cm³/mol. The maximum Gasteiger partial charge on any atom is 0.430 e. The van der Waals surface area contributed by atoms with Crippen molar-refractivity contribution in [2.45, 2.75) is 25.4 Å². The minimum atomic E-state index is -4.65. The average molecular weight is 452 g/mol. The van der Waals surface area contributed by atoms with Gasteiger partial charge in [-0.3, -0.25) is 4.90 Å². The highest BCUT2D eigenvalue weighted by molar-refractivity contribution is 6.33. The molecule has 166 valence electrons. The number of ether oxygens (including phenoxy) is 1. The van der Waals surface area contributed by atoms with Crippen LogP contribution in [-0.4, -0.2) is 43.0 Å². The number of para-hydroxylation sites is 1. The van der Waals surface area contributed by atoms with Crippen LogP contribution in [0.4, 0.5) is 18.9 Å². The maximum absolute atomic E-state index is 13.0. The minimum absolute atomic E-state index is 0.0581. The molecule has 1 aliphatic heterocycles. The summed E-state index contributed by atoms with van der Waals surface area (Å²) in [5.41, 5.74) is 4.88. The zero-order chi connectivity index (χ0) is 22.3. The molecule has 3 rings (SSSR count). The second-order valence-corrected chi connectivity index (χ2v) is 7.73. The topological polar surface area (TPSA) is 50.9 Å². The zero-order valence-corrected chi connectivity index (χ0v) is 17.8. The van der Waals surface area contributed by atoms with Crippen molar-refractivity contribution in [1.29, 1.82) is 0 Å². The van der Waals surface area contributed by atoms with Gasteiger partial charge in [0.15, 0.2) is 0 Å². The lowest BCUT2D eigenvalue weighted by Gasteiger charge is -2.26. The molecule has 0 bridgehead atoms. The summed E-state index contributed by atoms with van der Waals surface area (Å²) < 4.78 is 44.8. The molecule has 0 atom stereocenters. The molecule has 0 aliphatic carbocycles. The average Bonchev–Trinajstić information content (AvgIpc) is 2.75. The Balaban J connectivity index is 1.76. The van der Waals surface area contributed by atoms with Gasteiger partial charge in [0.1, 0.15) is 18.1 Å². The van der Waals surface area contributed by atoms with Crippen molar-refractivity contribution < 1.29 is 17.9 Å². The van der Waals surface area contributed by atoms with Crippen LogP contribution in [0.5, 0.6) is 5.75 Å². The molecular weight excluding hydrogens is 427 g/mol. The summed E-state index contributed by atoms with van der Waals surface area (Å²) in [7, 11) is 0. The number of piperidine rings is 1. The first-order valence-corrected chi connectivity index (χ1v) is 10.5. The van der Waals surface area contributed by atoms with Gasteiger partial charge in [-0.05, 0) is 68.4 Å². The third kappa shape index (κ3) is 7.01. The van der Waals surface area contributed by atoms with Crippen molar-refractivity contribution in [3.63, 3.8) is 0 Å². The fraction of sp³-hybridized carbons (Fsp3) is 0.348. The molecule has 2 aromatic rings. The molecule has 8 heteroatoms. The van der Waals surface area contributed by atoms with E-state index in [-0.39, 0.29) is 5.71 Å². The van der Waals surface area contributed by atoms with Crippen molar-refractivity contribution in [3.8, 4) is 5.75 Å². The Morgan fingerprint density at radius 3 is 2.39 bits per heavy atom. The Labute approximate surface area is 185 Å². The van der Waals surface area contributed by atoms with Crippen LogP contribution in [0.2, 0.25) is 5.02 Å². The lowest BCUT2D eigenvalue weighted by atomic mass is 10.1. The SMILES string of the molecule is NC(=CC(=Nc1ccccc1Cl)c1ccc(OCCN2CCCCC2)cc1)C(F)(F)F. The lowest BCUT2D eigenvalue weighted by Crippen LogP contribution is -2.33. The van der Waals surface area contributed by atoms with Gasteiger partial charge in [-0.25, -0.2) is 4.99 Å². The van der Waals surface area contributed by atoms with Gasteiger partial charge in [0.25, 0.3) is 0 Å². The van der Waals surface area contributed by atoms with E-state index in [9.17, 15) is 13.2 Å². The molecule has 2 N–H and O–H groups in total. The molecule has 0 saturated carbocycles. The first-order valence-electron chi connectivity index (χ1n) is 10.2. The van der Waals surface area contributed by atoms with E-state index in [0.29, 0.717) is 28.6 Å². The largest absolute Gasteiger partial charge is 0.492 e. The van der Waals surface area contributed by atoms with Crippen LogP contribution >= 0.6 is 11.6 Å². The van der Waals surface area contributed by atoms with Crippen molar-refractivity contribution >= 4 is 23.0 Å². The van der Waals surface area contributed by atoms with Crippen LogP contribution in [-0.2, 0) is 0 Å². The van der Waals surface area contributed by atoms with E-state index in [4.69, 9.17) is 22.1 Å². The monoisotopic (exact) mass is 451 g/mol. The number of aliphatic imine (C=N–C) groups is 1. The molecular formula is C23H25ClF3N3O. The molecule has 0 aromatic heterocycles. The van der Waals surface area contributed by atoms with Gasteiger partial charge in [-0.15, -0.1) is 0 Å².